The Kier molecular flexibility index (Phi) is 7.02. The molecule has 1 N–H and O–H groups in total. The molecule has 1 unspecified atom stereocenters. The van der Waals surface area contributed by atoms with Crippen molar-refractivity contribution < 1.29 is 41.3 Å². The third-order valence-corrected chi connectivity index (χ3v) is 7.25. The summed E-state index contributed by atoms with van der Waals surface area (Å²) in [4.78, 5) is 17.7. The van der Waals surface area contributed by atoms with Crippen LogP contribution in [0.5, 0.6) is 5.75 Å². The van der Waals surface area contributed by atoms with Gasteiger partial charge in [-0.2, -0.15) is 13.2 Å². The zero-order valence-electron chi connectivity index (χ0n) is 21.4. The summed E-state index contributed by atoms with van der Waals surface area (Å²) in [6, 6.07) is 5.72. The summed E-state index contributed by atoms with van der Waals surface area (Å²) in [5, 5.41) is 2.61. The van der Waals surface area contributed by atoms with E-state index in [1.165, 1.54) is 33.2 Å². The van der Waals surface area contributed by atoms with E-state index in [2.05, 4.69) is 10.3 Å². The van der Waals surface area contributed by atoms with Crippen molar-refractivity contribution in [3.8, 4) is 5.75 Å². The van der Waals surface area contributed by atoms with Crippen LogP contribution in [-0.2, 0) is 19.0 Å². The molecule has 5 atom stereocenters. The Morgan fingerprint density at radius 1 is 1.16 bits per heavy atom. The number of aromatic nitrogens is 1. The number of pyridine rings is 1. The molecule has 1 amide bonds. The number of ether oxygens (including phenoxy) is 4. The minimum absolute atomic E-state index is 0.0809. The average Bonchev–Trinajstić information content (AvgIpc) is 3.33. The summed E-state index contributed by atoms with van der Waals surface area (Å²) in [5.41, 5.74) is -1.38. The molecular weight excluding hydrogens is 496 g/mol. The fourth-order valence-electron chi connectivity index (χ4n) is 4.96. The number of rotatable bonds is 5. The third kappa shape index (κ3) is 4.92. The molecule has 4 rings (SSSR count). The minimum atomic E-state index is -4.76. The van der Waals surface area contributed by atoms with E-state index in [4.69, 9.17) is 18.9 Å². The van der Waals surface area contributed by atoms with Crippen molar-refractivity contribution >= 4 is 11.6 Å². The lowest BCUT2D eigenvalue weighted by molar-refractivity contribution is -0.272. The second-order valence-corrected chi connectivity index (χ2v) is 10.0. The SMILES string of the molecule is COc1c([C@H]2C(C(=O)Nc3ccc([C@H]4COC(C)(C)O4)nc3)O[C@@](C)(C(F)(F)F)[C@H]2C)ccc(F)c1C. The Morgan fingerprint density at radius 2 is 1.86 bits per heavy atom. The van der Waals surface area contributed by atoms with E-state index in [1.54, 1.807) is 26.0 Å². The Bertz CT molecular complexity index is 1170. The molecule has 2 saturated heterocycles. The number of amides is 1. The van der Waals surface area contributed by atoms with E-state index >= 15 is 0 Å². The smallest absolute Gasteiger partial charge is 0.417 e. The Balaban J connectivity index is 1.64. The normalized spacial score (nSPS) is 29.4. The van der Waals surface area contributed by atoms with Crippen LogP contribution >= 0.6 is 0 Å². The van der Waals surface area contributed by atoms with Crippen LogP contribution in [0.15, 0.2) is 30.5 Å². The van der Waals surface area contributed by atoms with Crippen LogP contribution in [0, 0.1) is 18.7 Å². The topological polar surface area (TPSA) is 78.9 Å². The van der Waals surface area contributed by atoms with E-state index in [0.29, 0.717) is 12.3 Å². The van der Waals surface area contributed by atoms with Crippen molar-refractivity contribution in [2.24, 2.45) is 5.92 Å². The minimum Gasteiger partial charge on any atom is -0.496 e. The van der Waals surface area contributed by atoms with Gasteiger partial charge in [-0.1, -0.05) is 13.0 Å². The second kappa shape index (κ2) is 9.52. The number of carbonyl (C=O) groups is 1. The quantitative estimate of drug-likeness (QED) is 0.523. The van der Waals surface area contributed by atoms with Gasteiger partial charge in [0, 0.05) is 23.0 Å². The molecule has 2 aliphatic heterocycles. The highest BCUT2D eigenvalue weighted by Gasteiger charge is 2.65. The predicted octanol–water partition coefficient (Wildman–Crippen LogP) is 5.44. The van der Waals surface area contributed by atoms with E-state index in [9.17, 15) is 22.4 Å². The first kappa shape index (κ1) is 27.3. The molecule has 11 heteroatoms. The molecule has 0 bridgehead atoms. The van der Waals surface area contributed by atoms with Crippen LogP contribution in [0.2, 0.25) is 0 Å². The molecular formula is C26H30F4N2O5. The summed E-state index contributed by atoms with van der Waals surface area (Å²) < 4.78 is 78.8. The largest absolute Gasteiger partial charge is 0.496 e. The first-order valence-electron chi connectivity index (χ1n) is 11.8. The Morgan fingerprint density at radius 3 is 2.41 bits per heavy atom. The molecule has 3 heterocycles. The predicted molar refractivity (Wildman–Crippen MR) is 126 cm³/mol. The van der Waals surface area contributed by atoms with Crippen molar-refractivity contribution in [3.63, 3.8) is 0 Å². The number of methoxy groups -OCH3 is 1. The summed E-state index contributed by atoms with van der Waals surface area (Å²) >= 11 is 0. The first-order valence-corrected chi connectivity index (χ1v) is 11.8. The molecule has 2 fully saturated rings. The van der Waals surface area contributed by atoms with Crippen molar-refractivity contribution in [2.45, 2.75) is 70.3 Å². The van der Waals surface area contributed by atoms with Crippen LogP contribution in [0.1, 0.15) is 56.5 Å². The number of nitrogens with zero attached hydrogens (tertiary/aromatic N) is 1. The zero-order valence-corrected chi connectivity index (χ0v) is 21.4. The number of benzene rings is 1. The lowest BCUT2D eigenvalue weighted by Crippen LogP contribution is -2.47. The van der Waals surface area contributed by atoms with Gasteiger partial charge < -0.3 is 24.3 Å². The van der Waals surface area contributed by atoms with Gasteiger partial charge in [-0.3, -0.25) is 9.78 Å². The van der Waals surface area contributed by atoms with E-state index in [-0.39, 0.29) is 28.7 Å². The number of alkyl halides is 3. The van der Waals surface area contributed by atoms with Crippen LogP contribution < -0.4 is 10.1 Å². The molecule has 0 radical (unpaired) electrons. The van der Waals surface area contributed by atoms with E-state index < -0.39 is 47.2 Å². The molecule has 0 aliphatic carbocycles. The molecule has 7 nitrogen and oxygen atoms in total. The van der Waals surface area contributed by atoms with Gasteiger partial charge in [-0.25, -0.2) is 4.39 Å². The van der Waals surface area contributed by atoms with Crippen molar-refractivity contribution in [2.75, 3.05) is 19.0 Å². The molecule has 2 aromatic rings. The van der Waals surface area contributed by atoms with Gasteiger partial charge in [0.25, 0.3) is 5.91 Å². The maximum absolute atomic E-state index is 14.2. The van der Waals surface area contributed by atoms with Gasteiger partial charge in [0.1, 0.15) is 23.8 Å². The monoisotopic (exact) mass is 526 g/mol. The Labute approximate surface area is 212 Å². The summed E-state index contributed by atoms with van der Waals surface area (Å²) in [6.45, 7) is 7.63. The molecule has 0 saturated carbocycles. The number of halogens is 4. The number of nitrogens with one attached hydrogen (secondary N) is 1. The highest BCUT2D eigenvalue weighted by atomic mass is 19.4. The molecule has 1 aromatic heterocycles. The van der Waals surface area contributed by atoms with Gasteiger partial charge >= 0.3 is 6.18 Å². The summed E-state index contributed by atoms with van der Waals surface area (Å²) in [5.74, 6) is -4.28. The molecule has 202 valence electrons. The molecule has 0 spiro atoms. The lowest BCUT2D eigenvalue weighted by atomic mass is 9.76. The lowest BCUT2D eigenvalue weighted by Gasteiger charge is -2.32. The van der Waals surface area contributed by atoms with Crippen LogP contribution in [0.4, 0.5) is 23.2 Å². The highest BCUT2D eigenvalue weighted by Crippen LogP contribution is 2.55. The van der Waals surface area contributed by atoms with E-state index in [0.717, 1.165) is 13.0 Å². The van der Waals surface area contributed by atoms with Crippen molar-refractivity contribution in [1.82, 2.24) is 4.98 Å². The van der Waals surface area contributed by atoms with Crippen molar-refractivity contribution in [1.29, 1.82) is 0 Å². The number of anilines is 1. The maximum atomic E-state index is 14.2. The fraction of sp³-hybridized carbons (Fsp3) is 0.538. The number of hydrogen-bond acceptors (Lipinski definition) is 6. The van der Waals surface area contributed by atoms with Crippen LogP contribution in [0.3, 0.4) is 0 Å². The Hall–Kier alpha value is -2.76. The highest BCUT2D eigenvalue weighted by molar-refractivity contribution is 5.95. The average molecular weight is 527 g/mol. The van der Waals surface area contributed by atoms with Gasteiger partial charge in [-0.05, 0) is 45.9 Å². The van der Waals surface area contributed by atoms with Crippen LogP contribution in [0.25, 0.3) is 0 Å². The van der Waals surface area contributed by atoms with Gasteiger partial charge in [-0.15, -0.1) is 0 Å². The zero-order chi connectivity index (χ0) is 27.3. The van der Waals surface area contributed by atoms with Crippen molar-refractivity contribution in [3.05, 3.63) is 53.1 Å². The standard InChI is InChI=1S/C26H30F4N2O5/c1-13-17(27)9-8-16(21(13)34-6)20-14(2)25(5,26(28,29)30)37-22(20)23(33)32-15-7-10-18(31-11-15)19-12-35-24(3,4)36-19/h7-11,14,19-20,22H,12H2,1-6H3,(H,32,33)/t14-,19+,20-,22?,25+/m0/s1. The van der Waals surface area contributed by atoms with Gasteiger partial charge in [0.2, 0.25) is 0 Å². The number of hydrogen-bond donors (Lipinski definition) is 1. The van der Waals surface area contributed by atoms with Gasteiger partial charge in [0.05, 0.1) is 31.3 Å². The van der Waals surface area contributed by atoms with E-state index in [1.807, 2.05) is 0 Å². The van der Waals surface area contributed by atoms with Gasteiger partial charge in [0.15, 0.2) is 11.4 Å². The molecule has 1 aromatic carbocycles. The number of carbonyl (C=O) groups excluding carboxylic acids is 1. The maximum Gasteiger partial charge on any atom is 0.417 e. The summed E-state index contributed by atoms with van der Waals surface area (Å²) in [7, 11) is 1.30. The second-order valence-electron chi connectivity index (χ2n) is 10.0. The van der Waals surface area contributed by atoms with Crippen LogP contribution in [-0.4, -0.2) is 48.3 Å². The third-order valence-electron chi connectivity index (χ3n) is 7.25. The summed E-state index contributed by atoms with van der Waals surface area (Å²) in [6.07, 6.45) is -5.29. The first-order chi connectivity index (χ1) is 17.2. The molecule has 2 aliphatic rings. The molecule has 37 heavy (non-hydrogen) atoms. The fourth-order valence-corrected chi connectivity index (χ4v) is 4.96.